The zero-order chi connectivity index (χ0) is 23.5. The molecule has 0 bridgehead atoms. The predicted octanol–water partition coefficient (Wildman–Crippen LogP) is 3.70. The van der Waals surface area contributed by atoms with Crippen molar-refractivity contribution in [2.24, 2.45) is 0 Å². The molecular formula is C14H13F9O4S2. The first-order chi connectivity index (χ1) is 12.7. The van der Waals surface area contributed by atoms with E-state index in [0.29, 0.717) is 5.75 Å². The van der Waals surface area contributed by atoms with Gasteiger partial charge in [0.2, 0.25) is 5.78 Å². The molecule has 0 aromatic heterocycles. The van der Waals surface area contributed by atoms with E-state index in [4.69, 9.17) is 0 Å². The number of alkyl halides is 9. The maximum atomic E-state index is 12.2. The molecule has 0 saturated heterocycles. The van der Waals surface area contributed by atoms with Crippen molar-refractivity contribution in [3.63, 3.8) is 0 Å². The second-order valence-corrected chi connectivity index (χ2v) is 9.22. The summed E-state index contributed by atoms with van der Waals surface area (Å²) in [6, 6.07) is 9.46. The number of Topliss-reactive ketones (excluding diaryl/α,β-unsaturated/α-hetero) is 1. The van der Waals surface area contributed by atoms with Crippen LogP contribution in [0.25, 0.3) is 0 Å². The fourth-order valence-electron chi connectivity index (χ4n) is 1.49. The number of rotatable bonds is 6. The predicted molar refractivity (Wildman–Crippen MR) is 85.4 cm³/mol. The molecule has 0 saturated carbocycles. The molecule has 1 rings (SSSR count). The van der Waals surface area contributed by atoms with E-state index in [1.165, 1.54) is 0 Å². The van der Waals surface area contributed by atoms with Crippen molar-refractivity contribution in [1.29, 1.82) is 0 Å². The Labute approximate surface area is 162 Å². The van der Waals surface area contributed by atoms with Gasteiger partial charge >= 0.3 is 23.3 Å². The van der Waals surface area contributed by atoms with Crippen LogP contribution in [0.1, 0.15) is 10.4 Å². The molecule has 0 radical (unpaired) electrons. The van der Waals surface area contributed by atoms with Gasteiger partial charge in [0, 0.05) is 5.56 Å². The van der Waals surface area contributed by atoms with E-state index < -0.39 is 33.4 Å². The van der Waals surface area contributed by atoms with Crippen molar-refractivity contribution in [1.82, 2.24) is 0 Å². The molecule has 168 valence electrons. The summed E-state index contributed by atoms with van der Waals surface area (Å²) in [6.07, 6.45) is -2.99. The lowest BCUT2D eigenvalue weighted by Crippen LogP contribution is -2.63. The van der Waals surface area contributed by atoms with Crippen LogP contribution in [0, 0.1) is 0 Å². The Morgan fingerprint density at radius 2 is 1.31 bits per heavy atom. The van der Waals surface area contributed by atoms with Gasteiger partial charge in [-0.1, -0.05) is 30.3 Å². The zero-order valence-corrected chi connectivity index (χ0v) is 16.1. The molecule has 0 N–H and O–H groups in total. The molecule has 0 atom stereocenters. The fourth-order valence-corrected chi connectivity index (χ4v) is 2.62. The van der Waals surface area contributed by atoms with E-state index in [1.807, 2.05) is 30.3 Å². The average molecular weight is 480 g/mol. The molecule has 0 aliphatic heterocycles. The van der Waals surface area contributed by atoms with Crippen molar-refractivity contribution in [3.8, 4) is 0 Å². The normalized spacial score (nSPS) is 13.7. The average Bonchev–Trinajstić information content (AvgIpc) is 2.53. The van der Waals surface area contributed by atoms with Gasteiger partial charge in [-0.2, -0.15) is 39.5 Å². The van der Waals surface area contributed by atoms with Crippen LogP contribution in [-0.4, -0.2) is 60.3 Å². The van der Waals surface area contributed by atoms with Crippen molar-refractivity contribution < 1.29 is 57.3 Å². The second kappa shape index (κ2) is 9.12. The topological polar surface area (TPSA) is 74.3 Å². The lowest BCUT2D eigenvalue weighted by atomic mass is 10.1. The maximum absolute atomic E-state index is 12.2. The summed E-state index contributed by atoms with van der Waals surface area (Å²) in [5.41, 5.74) is 0.832. The fraction of sp³-hybridized carbons (Fsp3) is 0.500. The van der Waals surface area contributed by atoms with Gasteiger partial charge in [0.05, 0.1) is 12.5 Å². The van der Waals surface area contributed by atoms with Crippen LogP contribution in [0.3, 0.4) is 0 Å². The van der Waals surface area contributed by atoms with Gasteiger partial charge in [-0.05, 0) is 10.9 Å². The number of carbonyl (C=O) groups excluding carboxylic acids is 1. The Hall–Kier alpha value is -1.48. The highest BCUT2D eigenvalue weighted by molar-refractivity contribution is 7.96. The van der Waals surface area contributed by atoms with E-state index in [2.05, 4.69) is 12.5 Å². The van der Waals surface area contributed by atoms with E-state index >= 15 is 0 Å². The van der Waals surface area contributed by atoms with Gasteiger partial charge in [-0.25, -0.2) is 8.42 Å². The maximum Gasteiger partial charge on any atom is 0.460 e. The van der Waals surface area contributed by atoms with E-state index in [1.54, 1.807) is 0 Å². The SMILES string of the molecule is C[S+](C)CC(=O)c1ccccc1.O=S(=O)([O-])C(F)(F)C(F)(F)C(F)(F)C(F)(F)F. The molecular weight excluding hydrogens is 467 g/mol. The van der Waals surface area contributed by atoms with Crippen molar-refractivity contribution in [2.75, 3.05) is 18.3 Å². The third kappa shape index (κ3) is 6.25. The zero-order valence-electron chi connectivity index (χ0n) is 14.4. The standard InChI is InChI=1S/C10H13OS.C4HF9O3S/c1-12(2)8-10(11)9-6-4-3-5-7-9;5-1(6,3(9,10)11)2(7,8)4(12,13)17(14,15)16/h3-7H,8H2,1-2H3;(H,14,15,16)/q+1;/p-1. The first-order valence-corrected chi connectivity index (χ1v) is 10.6. The summed E-state index contributed by atoms with van der Waals surface area (Å²) in [5.74, 6) is -13.9. The monoisotopic (exact) mass is 480 g/mol. The smallest absolute Gasteiger partial charge is 0.460 e. The largest absolute Gasteiger partial charge is 0.743 e. The summed E-state index contributed by atoms with van der Waals surface area (Å²) < 4.78 is 135. The molecule has 15 heteroatoms. The lowest BCUT2D eigenvalue weighted by Gasteiger charge is -2.34. The molecule has 4 nitrogen and oxygen atoms in total. The highest BCUT2D eigenvalue weighted by atomic mass is 32.2. The molecule has 0 aliphatic rings. The first kappa shape index (κ1) is 27.5. The van der Waals surface area contributed by atoms with E-state index in [0.717, 1.165) is 5.56 Å². The number of hydrogen-bond donors (Lipinski definition) is 0. The van der Waals surface area contributed by atoms with Crippen LogP contribution in [0.15, 0.2) is 30.3 Å². The van der Waals surface area contributed by atoms with Crippen LogP contribution in [0.5, 0.6) is 0 Å². The highest BCUT2D eigenvalue weighted by Gasteiger charge is 2.83. The molecule has 0 amide bonds. The Morgan fingerprint density at radius 1 is 0.897 bits per heavy atom. The Balaban J connectivity index is 0.000000571. The quantitative estimate of drug-likeness (QED) is 0.269. The number of benzene rings is 1. The number of carbonyl (C=O) groups is 1. The molecule has 0 aliphatic carbocycles. The molecule has 0 fully saturated rings. The van der Waals surface area contributed by atoms with Gasteiger partial charge in [0.15, 0.2) is 15.9 Å². The third-order valence-corrected chi connectivity index (χ3v) is 4.67. The van der Waals surface area contributed by atoms with E-state index in [-0.39, 0.29) is 16.7 Å². The summed E-state index contributed by atoms with van der Waals surface area (Å²) in [6.45, 7) is 0. The van der Waals surface area contributed by atoms with Gasteiger partial charge in [-0.3, -0.25) is 4.79 Å². The third-order valence-electron chi connectivity index (χ3n) is 2.95. The van der Waals surface area contributed by atoms with Gasteiger partial charge in [-0.15, -0.1) is 0 Å². The van der Waals surface area contributed by atoms with Crippen molar-refractivity contribution in [2.45, 2.75) is 23.3 Å². The molecule has 29 heavy (non-hydrogen) atoms. The lowest BCUT2D eigenvalue weighted by molar-refractivity contribution is -0.382. The van der Waals surface area contributed by atoms with Gasteiger partial charge in [0.25, 0.3) is 0 Å². The summed E-state index contributed by atoms with van der Waals surface area (Å²) in [4.78, 5) is 11.5. The molecule has 1 aromatic carbocycles. The second-order valence-electron chi connectivity index (χ2n) is 5.54. The van der Waals surface area contributed by atoms with Crippen LogP contribution in [-0.2, 0) is 21.0 Å². The molecule has 0 unspecified atom stereocenters. The number of ketones is 1. The Kier molecular flexibility index (Phi) is 8.65. The Bertz CT molecular complexity index is 791. The molecule has 0 heterocycles. The molecule has 0 spiro atoms. The first-order valence-electron chi connectivity index (χ1n) is 6.98. The van der Waals surface area contributed by atoms with Crippen LogP contribution in [0.2, 0.25) is 0 Å². The number of halogens is 9. The minimum absolute atomic E-state index is 0.204. The Morgan fingerprint density at radius 3 is 1.62 bits per heavy atom. The van der Waals surface area contributed by atoms with Crippen molar-refractivity contribution in [3.05, 3.63) is 35.9 Å². The van der Waals surface area contributed by atoms with Crippen LogP contribution in [0.4, 0.5) is 39.5 Å². The summed E-state index contributed by atoms with van der Waals surface area (Å²) in [5, 5.41) is -7.11. The van der Waals surface area contributed by atoms with Crippen LogP contribution >= 0.6 is 0 Å². The minimum Gasteiger partial charge on any atom is -0.743 e. The van der Waals surface area contributed by atoms with Crippen LogP contribution < -0.4 is 0 Å². The van der Waals surface area contributed by atoms with Gasteiger partial charge < -0.3 is 4.55 Å². The van der Waals surface area contributed by atoms with E-state index in [9.17, 15) is 57.3 Å². The van der Waals surface area contributed by atoms with Crippen molar-refractivity contribution >= 4 is 26.8 Å². The van der Waals surface area contributed by atoms with Gasteiger partial charge in [0.1, 0.15) is 0 Å². The number of hydrogen-bond acceptors (Lipinski definition) is 4. The highest BCUT2D eigenvalue weighted by Crippen LogP contribution is 2.54. The summed E-state index contributed by atoms with van der Waals surface area (Å²) >= 11 is 0. The minimum atomic E-state index is -7.43. The molecule has 1 aromatic rings. The summed E-state index contributed by atoms with van der Waals surface area (Å²) in [7, 11) is -7.21.